The summed E-state index contributed by atoms with van der Waals surface area (Å²) in [6.45, 7) is 1.55. The number of ether oxygens (including phenoxy) is 1. The third-order valence-electron chi connectivity index (χ3n) is 2.19. The molecule has 1 N–H and O–H groups in total. The van der Waals surface area contributed by atoms with Gasteiger partial charge >= 0.3 is 0 Å². The zero-order chi connectivity index (χ0) is 13.0. The lowest BCUT2D eigenvalue weighted by atomic mass is 10.2. The maximum atomic E-state index is 11.1. The fourth-order valence-electron chi connectivity index (χ4n) is 1.43. The molecule has 1 aromatic rings. The zero-order valence-electron chi connectivity index (χ0n) is 9.78. The van der Waals surface area contributed by atoms with Crippen molar-refractivity contribution in [3.05, 3.63) is 23.8 Å². The Bertz CT molecular complexity index is 557. The second-order valence-electron chi connectivity index (χ2n) is 3.63. The van der Waals surface area contributed by atoms with Crippen molar-refractivity contribution < 1.29 is 14.3 Å². The summed E-state index contributed by atoms with van der Waals surface area (Å²) in [7, 11) is 0. The minimum atomic E-state index is -0.154. The summed E-state index contributed by atoms with van der Waals surface area (Å²) < 4.78 is 5.28. The Labute approximate surface area is 109 Å². The Kier molecular flexibility index (Phi) is 3.90. The summed E-state index contributed by atoms with van der Waals surface area (Å²) in [5.74, 6) is 6.79. The number of thioether (sulfide) groups is 1. The molecule has 2 rings (SSSR count). The van der Waals surface area contributed by atoms with Crippen molar-refractivity contribution in [2.75, 3.05) is 17.7 Å². The Morgan fingerprint density at radius 1 is 1.56 bits per heavy atom. The first-order chi connectivity index (χ1) is 8.65. The third-order valence-corrected chi connectivity index (χ3v) is 2.89. The van der Waals surface area contributed by atoms with Gasteiger partial charge in [-0.1, -0.05) is 23.6 Å². The van der Waals surface area contributed by atoms with Crippen LogP contribution in [-0.2, 0) is 9.59 Å². The van der Waals surface area contributed by atoms with Crippen LogP contribution in [0, 0.1) is 11.8 Å². The summed E-state index contributed by atoms with van der Waals surface area (Å²) in [4.78, 5) is 21.8. The van der Waals surface area contributed by atoms with E-state index in [2.05, 4.69) is 17.2 Å². The molecular weight excluding hydrogens is 250 g/mol. The first kappa shape index (κ1) is 12.5. The maximum absolute atomic E-state index is 11.1. The molecule has 1 amide bonds. The molecule has 1 heterocycles. The Morgan fingerprint density at radius 3 is 3.17 bits per heavy atom. The van der Waals surface area contributed by atoms with E-state index in [9.17, 15) is 9.59 Å². The van der Waals surface area contributed by atoms with Gasteiger partial charge in [-0.2, -0.15) is 0 Å². The van der Waals surface area contributed by atoms with E-state index in [1.165, 1.54) is 18.7 Å². The van der Waals surface area contributed by atoms with Crippen molar-refractivity contribution in [1.29, 1.82) is 0 Å². The number of amides is 1. The van der Waals surface area contributed by atoms with Crippen LogP contribution in [0.1, 0.15) is 12.5 Å². The van der Waals surface area contributed by atoms with Gasteiger partial charge in [-0.05, 0) is 18.2 Å². The molecule has 18 heavy (non-hydrogen) atoms. The molecular formula is C13H11NO3S. The summed E-state index contributed by atoms with van der Waals surface area (Å²) >= 11 is 1.18. The zero-order valence-corrected chi connectivity index (χ0v) is 10.6. The van der Waals surface area contributed by atoms with Crippen LogP contribution in [0.2, 0.25) is 0 Å². The molecule has 0 unspecified atom stereocenters. The molecule has 1 aliphatic heterocycles. The molecule has 1 aromatic carbocycles. The van der Waals surface area contributed by atoms with Crippen LogP contribution in [-0.4, -0.2) is 23.4 Å². The molecule has 1 aliphatic rings. The predicted molar refractivity (Wildman–Crippen MR) is 70.6 cm³/mol. The number of anilines is 1. The molecule has 4 nitrogen and oxygen atoms in total. The van der Waals surface area contributed by atoms with E-state index >= 15 is 0 Å². The van der Waals surface area contributed by atoms with Crippen molar-refractivity contribution in [1.82, 2.24) is 0 Å². The quantitative estimate of drug-likeness (QED) is 0.781. The monoisotopic (exact) mass is 261 g/mol. The highest BCUT2D eigenvalue weighted by molar-refractivity contribution is 8.13. The Hall–Kier alpha value is -1.93. The van der Waals surface area contributed by atoms with E-state index in [0.29, 0.717) is 17.2 Å². The molecule has 0 aliphatic carbocycles. The van der Waals surface area contributed by atoms with Gasteiger partial charge in [-0.25, -0.2) is 0 Å². The van der Waals surface area contributed by atoms with Crippen LogP contribution in [0.4, 0.5) is 5.69 Å². The average molecular weight is 261 g/mol. The van der Waals surface area contributed by atoms with Crippen molar-refractivity contribution >= 4 is 28.5 Å². The SMILES string of the molecule is CC(=O)SCC#Cc1ccc2c(c1)OCC(=O)N2. The largest absolute Gasteiger partial charge is 0.482 e. The second kappa shape index (κ2) is 5.61. The number of hydrogen-bond donors (Lipinski definition) is 1. The van der Waals surface area contributed by atoms with Crippen LogP contribution in [0.25, 0.3) is 0 Å². The summed E-state index contributed by atoms with van der Waals surface area (Å²) in [6.07, 6.45) is 0. The summed E-state index contributed by atoms with van der Waals surface area (Å²) in [6, 6.07) is 5.34. The van der Waals surface area contributed by atoms with Gasteiger partial charge in [0.25, 0.3) is 5.91 Å². The van der Waals surface area contributed by atoms with Gasteiger partial charge in [0.05, 0.1) is 11.4 Å². The molecule has 0 saturated carbocycles. The van der Waals surface area contributed by atoms with Gasteiger partial charge in [0, 0.05) is 12.5 Å². The van der Waals surface area contributed by atoms with Gasteiger partial charge in [-0.3, -0.25) is 9.59 Å². The highest BCUT2D eigenvalue weighted by Crippen LogP contribution is 2.28. The predicted octanol–water partition coefficient (Wildman–Crippen LogP) is 1.65. The van der Waals surface area contributed by atoms with Crippen LogP contribution < -0.4 is 10.1 Å². The number of carbonyl (C=O) groups excluding carboxylic acids is 2. The number of nitrogens with one attached hydrogen (secondary N) is 1. The van der Waals surface area contributed by atoms with Crippen molar-refractivity contribution in [3.8, 4) is 17.6 Å². The molecule has 0 aromatic heterocycles. The Balaban J connectivity index is 2.07. The average Bonchev–Trinajstić information content (AvgIpc) is 2.34. The van der Waals surface area contributed by atoms with E-state index in [1.807, 2.05) is 0 Å². The number of hydrogen-bond acceptors (Lipinski definition) is 4. The molecule has 92 valence electrons. The lowest BCUT2D eigenvalue weighted by molar-refractivity contribution is -0.118. The molecule has 0 radical (unpaired) electrons. The first-order valence-electron chi connectivity index (χ1n) is 5.34. The lowest BCUT2D eigenvalue weighted by Crippen LogP contribution is -2.25. The van der Waals surface area contributed by atoms with Crippen molar-refractivity contribution in [2.24, 2.45) is 0 Å². The number of carbonyl (C=O) groups is 2. The van der Waals surface area contributed by atoms with Gasteiger partial charge in [0.1, 0.15) is 5.75 Å². The van der Waals surface area contributed by atoms with Crippen LogP contribution in [0.5, 0.6) is 5.75 Å². The maximum Gasteiger partial charge on any atom is 0.262 e. The van der Waals surface area contributed by atoms with E-state index in [0.717, 1.165) is 5.56 Å². The molecule has 5 heteroatoms. The van der Waals surface area contributed by atoms with Gasteiger partial charge < -0.3 is 10.1 Å². The normalized spacial score (nSPS) is 12.6. The number of benzene rings is 1. The topological polar surface area (TPSA) is 55.4 Å². The minimum absolute atomic E-state index is 0.0318. The van der Waals surface area contributed by atoms with Crippen LogP contribution in [0.15, 0.2) is 18.2 Å². The van der Waals surface area contributed by atoms with Gasteiger partial charge in [0.15, 0.2) is 11.7 Å². The van der Waals surface area contributed by atoms with Crippen LogP contribution in [0.3, 0.4) is 0 Å². The van der Waals surface area contributed by atoms with E-state index in [1.54, 1.807) is 18.2 Å². The van der Waals surface area contributed by atoms with Crippen molar-refractivity contribution in [3.63, 3.8) is 0 Å². The number of fused-ring (bicyclic) bond motifs is 1. The van der Waals surface area contributed by atoms with Crippen molar-refractivity contribution in [2.45, 2.75) is 6.92 Å². The fraction of sp³-hybridized carbons (Fsp3) is 0.231. The van der Waals surface area contributed by atoms with Crippen LogP contribution >= 0.6 is 11.8 Å². The molecule has 0 spiro atoms. The van der Waals surface area contributed by atoms with Gasteiger partial charge in [-0.15, -0.1) is 0 Å². The second-order valence-corrected chi connectivity index (χ2v) is 4.78. The Morgan fingerprint density at radius 2 is 2.39 bits per heavy atom. The molecule has 0 bridgehead atoms. The standard InChI is InChI=1S/C13H11NO3S/c1-9(15)18-6-2-3-10-4-5-11-12(7-10)17-8-13(16)14-11/h4-5,7H,6,8H2,1H3,(H,14,16). The smallest absolute Gasteiger partial charge is 0.262 e. The first-order valence-corrected chi connectivity index (χ1v) is 6.32. The molecule has 0 atom stereocenters. The number of rotatable bonds is 1. The highest BCUT2D eigenvalue weighted by Gasteiger charge is 2.15. The third kappa shape index (κ3) is 3.28. The van der Waals surface area contributed by atoms with Gasteiger partial charge in [0.2, 0.25) is 0 Å². The molecule has 0 saturated heterocycles. The van der Waals surface area contributed by atoms with E-state index < -0.39 is 0 Å². The molecule has 0 fully saturated rings. The summed E-state index contributed by atoms with van der Waals surface area (Å²) in [5.41, 5.74) is 1.46. The van der Waals surface area contributed by atoms with E-state index in [4.69, 9.17) is 4.74 Å². The minimum Gasteiger partial charge on any atom is -0.482 e. The lowest BCUT2D eigenvalue weighted by Gasteiger charge is -2.17. The fourth-order valence-corrected chi connectivity index (χ4v) is 1.78. The highest BCUT2D eigenvalue weighted by atomic mass is 32.2. The summed E-state index contributed by atoms with van der Waals surface area (Å²) in [5, 5.41) is 2.76. The van der Waals surface area contributed by atoms with E-state index in [-0.39, 0.29) is 17.6 Å².